The Hall–Kier alpha value is -0.460. The van der Waals surface area contributed by atoms with Crippen LogP contribution >= 0.6 is 0 Å². The van der Waals surface area contributed by atoms with Gasteiger partial charge in [-0.1, -0.05) is 26.3 Å². The molecule has 0 bridgehead atoms. The van der Waals surface area contributed by atoms with Crippen LogP contribution < -0.4 is 0 Å². The second kappa shape index (κ2) is 4.42. The second-order valence-electron chi connectivity index (χ2n) is 2.69. The lowest BCUT2D eigenvalue weighted by molar-refractivity contribution is 0.551. The molecular formula is C8H17N. The summed E-state index contributed by atoms with van der Waals surface area (Å²) in [6.07, 6.45) is 5.55. The molecule has 0 amide bonds. The van der Waals surface area contributed by atoms with Gasteiger partial charge in [0, 0.05) is 14.1 Å². The standard InChI is InChI=1S/C8H17N/c1-5-8(2)6-7-9(3)4/h6-8H,5H2,1-4H3. The van der Waals surface area contributed by atoms with E-state index in [1.807, 2.05) is 14.1 Å². The van der Waals surface area contributed by atoms with E-state index >= 15 is 0 Å². The van der Waals surface area contributed by atoms with Gasteiger partial charge in [-0.2, -0.15) is 0 Å². The van der Waals surface area contributed by atoms with Crippen molar-refractivity contribution in [3.05, 3.63) is 12.3 Å². The maximum atomic E-state index is 2.22. The van der Waals surface area contributed by atoms with Crippen molar-refractivity contribution >= 4 is 0 Å². The Balaban J connectivity index is 3.43. The zero-order chi connectivity index (χ0) is 7.28. The van der Waals surface area contributed by atoms with Gasteiger partial charge in [0.1, 0.15) is 0 Å². The van der Waals surface area contributed by atoms with E-state index in [0.717, 1.165) is 0 Å². The third-order valence-electron chi connectivity index (χ3n) is 1.36. The summed E-state index contributed by atoms with van der Waals surface area (Å²) < 4.78 is 0. The molecule has 1 atom stereocenters. The second-order valence-corrected chi connectivity index (χ2v) is 2.69. The van der Waals surface area contributed by atoms with E-state index in [9.17, 15) is 0 Å². The molecule has 0 saturated carbocycles. The van der Waals surface area contributed by atoms with E-state index in [4.69, 9.17) is 0 Å². The minimum Gasteiger partial charge on any atom is -0.384 e. The van der Waals surface area contributed by atoms with E-state index in [2.05, 4.69) is 31.0 Å². The molecule has 0 rings (SSSR count). The number of rotatable bonds is 3. The van der Waals surface area contributed by atoms with Crippen molar-refractivity contribution in [3.8, 4) is 0 Å². The number of allylic oxidation sites excluding steroid dienone is 1. The first-order chi connectivity index (χ1) is 4.16. The predicted molar refractivity (Wildman–Crippen MR) is 42.3 cm³/mol. The Labute approximate surface area is 58.4 Å². The maximum absolute atomic E-state index is 2.22. The van der Waals surface area contributed by atoms with Gasteiger partial charge in [0.05, 0.1) is 0 Å². The van der Waals surface area contributed by atoms with Crippen LogP contribution in [0.4, 0.5) is 0 Å². The maximum Gasteiger partial charge on any atom is 0.00555 e. The molecule has 0 aliphatic carbocycles. The normalized spacial score (nSPS) is 14.2. The lowest BCUT2D eigenvalue weighted by atomic mass is 10.1. The molecule has 0 aliphatic rings. The molecule has 1 heteroatoms. The van der Waals surface area contributed by atoms with Crippen LogP contribution in [0.1, 0.15) is 20.3 Å². The summed E-state index contributed by atoms with van der Waals surface area (Å²) in [6, 6.07) is 0. The van der Waals surface area contributed by atoms with Crippen molar-refractivity contribution in [1.82, 2.24) is 4.90 Å². The minimum atomic E-state index is 0.715. The van der Waals surface area contributed by atoms with Crippen LogP contribution in [0.2, 0.25) is 0 Å². The van der Waals surface area contributed by atoms with Crippen LogP contribution in [-0.2, 0) is 0 Å². The van der Waals surface area contributed by atoms with Gasteiger partial charge in [-0.25, -0.2) is 0 Å². The molecule has 0 aliphatic heterocycles. The summed E-state index contributed by atoms with van der Waals surface area (Å²) >= 11 is 0. The van der Waals surface area contributed by atoms with E-state index in [-0.39, 0.29) is 0 Å². The lowest BCUT2D eigenvalue weighted by Gasteiger charge is -2.05. The van der Waals surface area contributed by atoms with Gasteiger partial charge < -0.3 is 4.90 Å². The molecule has 0 fully saturated rings. The highest BCUT2D eigenvalue weighted by molar-refractivity contribution is 4.83. The molecule has 0 spiro atoms. The molecule has 1 nitrogen and oxygen atoms in total. The highest BCUT2D eigenvalue weighted by Gasteiger charge is 1.88. The Kier molecular flexibility index (Phi) is 4.20. The average molecular weight is 127 g/mol. The number of hydrogen-bond acceptors (Lipinski definition) is 1. The summed E-state index contributed by atoms with van der Waals surface area (Å²) in [7, 11) is 4.08. The Bertz CT molecular complexity index is 84.6. The molecule has 9 heavy (non-hydrogen) atoms. The van der Waals surface area contributed by atoms with Crippen molar-refractivity contribution in [2.24, 2.45) is 5.92 Å². The summed E-state index contributed by atoms with van der Waals surface area (Å²) in [5.74, 6) is 0.715. The highest BCUT2D eigenvalue weighted by Crippen LogP contribution is 2.01. The van der Waals surface area contributed by atoms with Crippen LogP contribution in [-0.4, -0.2) is 19.0 Å². The van der Waals surface area contributed by atoms with Gasteiger partial charge in [0.2, 0.25) is 0 Å². The fourth-order valence-electron chi connectivity index (χ4n) is 0.455. The molecule has 0 aromatic heterocycles. The van der Waals surface area contributed by atoms with Crippen LogP contribution in [0.3, 0.4) is 0 Å². The summed E-state index contributed by atoms with van der Waals surface area (Å²) in [5.41, 5.74) is 0. The molecule has 1 unspecified atom stereocenters. The molecule has 0 N–H and O–H groups in total. The third-order valence-corrected chi connectivity index (χ3v) is 1.36. The van der Waals surface area contributed by atoms with E-state index in [0.29, 0.717) is 5.92 Å². The van der Waals surface area contributed by atoms with Gasteiger partial charge in [-0.05, 0) is 12.1 Å². The first-order valence-corrected chi connectivity index (χ1v) is 3.51. The van der Waals surface area contributed by atoms with Crippen LogP contribution in [0.5, 0.6) is 0 Å². The van der Waals surface area contributed by atoms with Gasteiger partial charge in [0.15, 0.2) is 0 Å². The molecule has 54 valence electrons. The van der Waals surface area contributed by atoms with Crippen molar-refractivity contribution in [3.63, 3.8) is 0 Å². The molecule has 0 aromatic carbocycles. The largest absolute Gasteiger partial charge is 0.384 e. The highest BCUT2D eigenvalue weighted by atomic mass is 15.0. The van der Waals surface area contributed by atoms with Crippen molar-refractivity contribution < 1.29 is 0 Å². The van der Waals surface area contributed by atoms with Gasteiger partial charge in [0.25, 0.3) is 0 Å². The number of hydrogen-bond donors (Lipinski definition) is 0. The molecule has 0 saturated heterocycles. The number of nitrogens with zero attached hydrogens (tertiary/aromatic N) is 1. The van der Waals surface area contributed by atoms with E-state index < -0.39 is 0 Å². The minimum absolute atomic E-state index is 0.715. The smallest absolute Gasteiger partial charge is 0.00555 e. The zero-order valence-electron chi connectivity index (χ0n) is 6.89. The monoisotopic (exact) mass is 127 g/mol. The van der Waals surface area contributed by atoms with E-state index in [1.165, 1.54) is 6.42 Å². The molecule has 0 heterocycles. The van der Waals surface area contributed by atoms with E-state index in [1.54, 1.807) is 0 Å². The van der Waals surface area contributed by atoms with Gasteiger partial charge in [-0.3, -0.25) is 0 Å². The van der Waals surface area contributed by atoms with Crippen LogP contribution in [0.15, 0.2) is 12.3 Å². The quantitative estimate of drug-likeness (QED) is 0.561. The van der Waals surface area contributed by atoms with Crippen LogP contribution in [0, 0.1) is 5.92 Å². The molecular weight excluding hydrogens is 110 g/mol. The van der Waals surface area contributed by atoms with Crippen molar-refractivity contribution in [1.29, 1.82) is 0 Å². The Morgan fingerprint density at radius 3 is 2.33 bits per heavy atom. The third kappa shape index (κ3) is 5.41. The topological polar surface area (TPSA) is 3.24 Å². The average Bonchev–Trinajstić information content (AvgIpc) is 1.83. The van der Waals surface area contributed by atoms with Gasteiger partial charge >= 0.3 is 0 Å². The van der Waals surface area contributed by atoms with Gasteiger partial charge in [-0.15, -0.1) is 0 Å². The van der Waals surface area contributed by atoms with Crippen LogP contribution in [0.25, 0.3) is 0 Å². The Morgan fingerprint density at radius 2 is 2.00 bits per heavy atom. The fourth-order valence-corrected chi connectivity index (χ4v) is 0.455. The van der Waals surface area contributed by atoms with Crippen molar-refractivity contribution in [2.75, 3.05) is 14.1 Å². The predicted octanol–water partition coefficient (Wildman–Crippen LogP) is 2.11. The fraction of sp³-hybridized carbons (Fsp3) is 0.750. The molecule has 0 aromatic rings. The first-order valence-electron chi connectivity index (χ1n) is 3.51. The molecule has 0 radical (unpaired) electrons. The zero-order valence-corrected chi connectivity index (χ0v) is 6.89. The SMILES string of the molecule is CCC(C)C=CN(C)C. The Morgan fingerprint density at radius 1 is 1.44 bits per heavy atom. The lowest BCUT2D eigenvalue weighted by Crippen LogP contribution is -2.01. The first kappa shape index (κ1) is 8.54. The summed E-state index contributed by atoms with van der Waals surface area (Å²) in [6.45, 7) is 4.42. The summed E-state index contributed by atoms with van der Waals surface area (Å²) in [5, 5.41) is 0. The van der Waals surface area contributed by atoms with Crippen molar-refractivity contribution in [2.45, 2.75) is 20.3 Å². The summed E-state index contributed by atoms with van der Waals surface area (Å²) in [4.78, 5) is 2.06.